The van der Waals surface area contributed by atoms with Crippen molar-refractivity contribution in [2.24, 2.45) is 16.3 Å². The number of nitrogens with zero attached hydrogens (tertiary/aromatic N) is 4. The topological polar surface area (TPSA) is 60.4 Å². The van der Waals surface area contributed by atoms with Gasteiger partial charge in [-0.05, 0) is 32.6 Å². The average Bonchev–Trinajstić information content (AvgIpc) is 3.19. The van der Waals surface area contributed by atoms with Crippen LogP contribution in [-0.2, 0) is 9.53 Å². The molecule has 3 heterocycles. The van der Waals surface area contributed by atoms with Crippen molar-refractivity contribution < 1.29 is 9.53 Å². The Balaban J connectivity index is 1.29. The maximum atomic E-state index is 12.6. The normalized spacial score (nSPS) is 32.7. The van der Waals surface area contributed by atoms with Gasteiger partial charge in [0.05, 0.1) is 12.6 Å². The molecule has 3 unspecified atom stereocenters. The molecule has 29 heavy (non-hydrogen) atoms. The third-order valence-electron chi connectivity index (χ3n) is 7.43. The molecule has 1 N–H and O–H groups in total. The van der Waals surface area contributed by atoms with Gasteiger partial charge in [-0.1, -0.05) is 13.8 Å². The fourth-order valence-electron chi connectivity index (χ4n) is 5.70. The van der Waals surface area contributed by atoms with Gasteiger partial charge in [-0.15, -0.1) is 0 Å². The summed E-state index contributed by atoms with van der Waals surface area (Å²) < 4.78 is 5.95. The van der Waals surface area contributed by atoms with Crippen molar-refractivity contribution >= 4 is 11.9 Å². The Bertz CT molecular complexity index is 608. The summed E-state index contributed by atoms with van der Waals surface area (Å²) in [6.07, 6.45) is 5.12. The van der Waals surface area contributed by atoms with Gasteiger partial charge in [-0.25, -0.2) is 0 Å². The van der Waals surface area contributed by atoms with Gasteiger partial charge < -0.3 is 19.9 Å². The molecule has 1 amide bonds. The van der Waals surface area contributed by atoms with Gasteiger partial charge in [0, 0.05) is 69.8 Å². The lowest BCUT2D eigenvalue weighted by Crippen LogP contribution is -2.68. The van der Waals surface area contributed by atoms with Crippen LogP contribution in [0.4, 0.5) is 0 Å². The van der Waals surface area contributed by atoms with E-state index in [0.29, 0.717) is 30.5 Å². The molecule has 164 valence electrons. The van der Waals surface area contributed by atoms with E-state index in [4.69, 9.17) is 9.73 Å². The predicted octanol–water partition coefficient (Wildman–Crippen LogP) is 1.40. The van der Waals surface area contributed by atoms with E-state index in [-0.39, 0.29) is 5.41 Å². The molecule has 3 atom stereocenters. The SMILES string of the molecule is CCN=C(NC1C2CCOC2C1(C)C)N1CCN(CC(=O)N2CCCCC2)CC1. The number of piperidine rings is 1. The van der Waals surface area contributed by atoms with Crippen LogP contribution >= 0.6 is 0 Å². The summed E-state index contributed by atoms with van der Waals surface area (Å²) in [7, 11) is 0. The van der Waals surface area contributed by atoms with Crippen LogP contribution in [0.5, 0.6) is 0 Å². The molecule has 3 saturated heterocycles. The van der Waals surface area contributed by atoms with Gasteiger partial charge in [0.1, 0.15) is 0 Å². The van der Waals surface area contributed by atoms with E-state index < -0.39 is 0 Å². The van der Waals surface area contributed by atoms with Crippen LogP contribution in [0.2, 0.25) is 0 Å². The van der Waals surface area contributed by atoms with E-state index >= 15 is 0 Å². The zero-order chi connectivity index (χ0) is 20.4. The number of carbonyl (C=O) groups is 1. The highest BCUT2D eigenvalue weighted by Gasteiger charge is 2.59. The van der Waals surface area contributed by atoms with Crippen LogP contribution in [0.3, 0.4) is 0 Å². The predicted molar refractivity (Wildman–Crippen MR) is 115 cm³/mol. The maximum Gasteiger partial charge on any atom is 0.236 e. The fraction of sp³-hybridized carbons (Fsp3) is 0.909. The highest BCUT2D eigenvalue weighted by atomic mass is 16.5. The lowest BCUT2D eigenvalue weighted by molar-refractivity contribution is -0.133. The number of carbonyl (C=O) groups excluding carboxylic acids is 1. The second-order valence-electron chi connectivity index (χ2n) is 9.69. The first-order valence-electron chi connectivity index (χ1n) is 11.7. The van der Waals surface area contributed by atoms with Crippen molar-refractivity contribution in [3.8, 4) is 0 Å². The molecule has 7 heteroatoms. The zero-order valence-electron chi connectivity index (χ0n) is 18.5. The van der Waals surface area contributed by atoms with Gasteiger partial charge in [-0.2, -0.15) is 0 Å². The Hall–Kier alpha value is -1.34. The minimum absolute atomic E-state index is 0.151. The lowest BCUT2D eigenvalue weighted by Gasteiger charge is -2.55. The van der Waals surface area contributed by atoms with E-state index in [9.17, 15) is 4.79 Å². The Kier molecular flexibility index (Phi) is 6.35. The molecule has 1 saturated carbocycles. The fourth-order valence-corrected chi connectivity index (χ4v) is 5.70. The number of hydrogen-bond acceptors (Lipinski definition) is 4. The Morgan fingerprint density at radius 1 is 1.07 bits per heavy atom. The van der Waals surface area contributed by atoms with Gasteiger partial charge in [0.25, 0.3) is 0 Å². The minimum atomic E-state index is 0.151. The Labute approximate surface area is 175 Å². The van der Waals surface area contributed by atoms with Crippen LogP contribution in [0.1, 0.15) is 46.5 Å². The van der Waals surface area contributed by atoms with Crippen molar-refractivity contribution in [3.63, 3.8) is 0 Å². The van der Waals surface area contributed by atoms with Crippen molar-refractivity contribution in [2.75, 3.05) is 59.0 Å². The second-order valence-corrected chi connectivity index (χ2v) is 9.69. The average molecular weight is 406 g/mol. The summed E-state index contributed by atoms with van der Waals surface area (Å²) in [4.78, 5) is 24.1. The lowest BCUT2D eigenvalue weighted by atomic mass is 9.57. The molecule has 4 aliphatic rings. The maximum absolute atomic E-state index is 12.6. The van der Waals surface area contributed by atoms with E-state index in [2.05, 4.69) is 40.8 Å². The summed E-state index contributed by atoms with van der Waals surface area (Å²) in [5.41, 5.74) is 0.151. The van der Waals surface area contributed by atoms with Gasteiger partial charge in [0.2, 0.25) is 5.91 Å². The first-order valence-corrected chi connectivity index (χ1v) is 11.7. The smallest absolute Gasteiger partial charge is 0.236 e. The number of amides is 1. The standard InChI is InChI=1S/C22H39N5O2/c1-4-23-21(24-19-17-8-15-29-20(17)22(19,2)3)27-13-11-25(12-14-27)16-18(28)26-9-6-5-7-10-26/h17,19-20H,4-16H2,1-3H3,(H,23,24). The summed E-state index contributed by atoms with van der Waals surface area (Å²) in [6, 6.07) is 0.430. The number of likely N-dealkylation sites (tertiary alicyclic amines) is 1. The van der Waals surface area contributed by atoms with Crippen LogP contribution in [0.15, 0.2) is 4.99 Å². The molecule has 0 aromatic carbocycles. The molecule has 4 rings (SSSR count). The first-order chi connectivity index (χ1) is 14.0. The zero-order valence-corrected chi connectivity index (χ0v) is 18.5. The molecular formula is C22H39N5O2. The van der Waals surface area contributed by atoms with Crippen LogP contribution < -0.4 is 5.32 Å². The molecule has 0 radical (unpaired) electrons. The van der Waals surface area contributed by atoms with E-state index in [1.54, 1.807) is 0 Å². The third-order valence-corrected chi connectivity index (χ3v) is 7.43. The molecular weight excluding hydrogens is 366 g/mol. The van der Waals surface area contributed by atoms with E-state index in [1.165, 1.54) is 6.42 Å². The number of aliphatic imine (C=N–C) groups is 1. The Morgan fingerprint density at radius 2 is 1.79 bits per heavy atom. The van der Waals surface area contributed by atoms with Gasteiger partial charge >= 0.3 is 0 Å². The number of guanidine groups is 1. The first kappa shape index (κ1) is 20.9. The van der Waals surface area contributed by atoms with E-state index in [0.717, 1.165) is 77.6 Å². The minimum Gasteiger partial charge on any atom is -0.377 e. The van der Waals surface area contributed by atoms with E-state index in [1.807, 2.05) is 0 Å². The van der Waals surface area contributed by atoms with Crippen molar-refractivity contribution in [2.45, 2.75) is 58.6 Å². The highest BCUT2D eigenvalue weighted by Crippen LogP contribution is 2.52. The number of fused-ring (bicyclic) bond motifs is 1. The second kappa shape index (κ2) is 8.80. The molecule has 0 aromatic rings. The van der Waals surface area contributed by atoms with Crippen molar-refractivity contribution in [1.82, 2.24) is 20.0 Å². The molecule has 0 bridgehead atoms. The molecule has 1 aliphatic carbocycles. The number of rotatable bonds is 4. The Morgan fingerprint density at radius 3 is 2.48 bits per heavy atom. The molecule has 3 aliphatic heterocycles. The summed E-state index contributed by atoms with van der Waals surface area (Å²) in [6.45, 7) is 14.6. The third kappa shape index (κ3) is 4.26. The van der Waals surface area contributed by atoms with Crippen molar-refractivity contribution in [3.05, 3.63) is 0 Å². The quantitative estimate of drug-likeness (QED) is 0.566. The van der Waals surface area contributed by atoms with Crippen LogP contribution in [0.25, 0.3) is 0 Å². The highest BCUT2D eigenvalue weighted by molar-refractivity contribution is 5.81. The summed E-state index contributed by atoms with van der Waals surface area (Å²) in [5, 5.41) is 3.80. The van der Waals surface area contributed by atoms with Crippen LogP contribution in [0, 0.1) is 11.3 Å². The molecule has 0 aromatic heterocycles. The number of piperazine rings is 1. The van der Waals surface area contributed by atoms with Crippen molar-refractivity contribution in [1.29, 1.82) is 0 Å². The summed E-state index contributed by atoms with van der Waals surface area (Å²) in [5.74, 6) is 1.95. The molecule has 4 fully saturated rings. The monoisotopic (exact) mass is 405 g/mol. The molecule has 7 nitrogen and oxygen atoms in total. The summed E-state index contributed by atoms with van der Waals surface area (Å²) >= 11 is 0. The molecule has 0 spiro atoms. The van der Waals surface area contributed by atoms with Gasteiger partial charge in [-0.3, -0.25) is 14.7 Å². The number of nitrogens with one attached hydrogen (secondary N) is 1. The van der Waals surface area contributed by atoms with Crippen LogP contribution in [-0.4, -0.2) is 97.7 Å². The number of hydrogen-bond donors (Lipinski definition) is 1. The van der Waals surface area contributed by atoms with Gasteiger partial charge in [0.15, 0.2) is 5.96 Å². The number of ether oxygens (including phenoxy) is 1. The largest absolute Gasteiger partial charge is 0.377 e.